The number of hydrogen-bond donors (Lipinski definition) is 1. The maximum atomic E-state index is 13.0. The van der Waals surface area contributed by atoms with Crippen molar-refractivity contribution < 1.29 is 19.1 Å². The number of amides is 2. The van der Waals surface area contributed by atoms with Gasteiger partial charge in [0, 0.05) is 18.1 Å². The van der Waals surface area contributed by atoms with E-state index in [2.05, 4.69) is 5.32 Å². The Kier molecular flexibility index (Phi) is 8.99. The molecule has 0 aliphatic rings. The Bertz CT molecular complexity index is 822. The summed E-state index contributed by atoms with van der Waals surface area (Å²) in [5.74, 6) is 1.09. The molecule has 0 aromatic heterocycles. The van der Waals surface area contributed by atoms with Gasteiger partial charge >= 0.3 is 0 Å². The number of nitrogens with one attached hydrogen (secondary N) is 1. The van der Waals surface area contributed by atoms with Crippen LogP contribution >= 0.6 is 11.6 Å². The number of methoxy groups -OCH3 is 1. The van der Waals surface area contributed by atoms with Gasteiger partial charge in [-0.05, 0) is 54.8 Å². The summed E-state index contributed by atoms with van der Waals surface area (Å²) in [5.41, 5.74) is 0.876. The first-order chi connectivity index (χ1) is 14.3. The molecule has 2 aromatic carbocycles. The lowest BCUT2D eigenvalue weighted by molar-refractivity contribution is -0.142. The molecule has 0 radical (unpaired) electrons. The summed E-state index contributed by atoms with van der Waals surface area (Å²) in [4.78, 5) is 27.1. The molecule has 0 aliphatic heterocycles. The summed E-state index contributed by atoms with van der Waals surface area (Å²) in [5, 5.41) is 3.50. The smallest absolute Gasteiger partial charge is 0.261 e. The van der Waals surface area contributed by atoms with Gasteiger partial charge in [-0.25, -0.2) is 0 Å². The molecule has 30 heavy (non-hydrogen) atoms. The summed E-state index contributed by atoms with van der Waals surface area (Å²) < 4.78 is 10.8. The molecular weight excluding hydrogens is 404 g/mol. The predicted molar refractivity (Wildman–Crippen MR) is 118 cm³/mol. The topological polar surface area (TPSA) is 67.9 Å². The van der Waals surface area contributed by atoms with Gasteiger partial charge in [-0.3, -0.25) is 9.59 Å². The summed E-state index contributed by atoms with van der Waals surface area (Å²) >= 11 is 5.96. The van der Waals surface area contributed by atoms with Crippen LogP contribution < -0.4 is 14.8 Å². The Hall–Kier alpha value is -2.73. The average molecular weight is 433 g/mol. The van der Waals surface area contributed by atoms with Crippen LogP contribution in [0.15, 0.2) is 48.5 Å². The van der Waals surface area contributed by atoms with Crippen LogP contribution in [0.4, 0.5) is 0 Å². The van der Waals surface area contributed by atoms with Gasteiger partial charge in [0.1, 0.15) is 17.5 Å². The van der Waals surface area contributed by atoms with Gasteiger partial charge in [0.05, 0.1) is 7.11 Å². The second-order valence-corrected chi connectivity index (χ2v) is 7.86. The monoisotopic (exact) mass is 432 g/mol. The number of ether oxygens (including phenoxy) is 2. The van der Waals surface area contributed by atoms with Crippen molar-refractivity contribution in [2.24, 2.45) is 5.92 Å². The van der Waals surface area contributed by atoms with E-state index in [4.69, 9.17) is 21.1 Å². The van der Waals surface area contributed by atoms with E-state index in [1.165, 1.54) is 4.90 Å². The van der Waals surface area contributed by atoms with Crippen LogP contribution in [-0.2, 0) is 16.1 Å². The maximum absolute atomic E-state index is 13.0. The zero-order valence-electron chi connectivity index (χ0n) is 17.9. The second kappa shape index (κ2) is 11.5. The molecule has 2 aromatic rings. The van der Waals surface area contributed by atoms with Crippen LogP contribution in [0.1, 0.15) is 26.3 Å². The van der Waals surface area contributed by atoms with Crippen molar-refractivity contribution in [1.29, 1.82) is 0 Å². The molecule has 0 saturated heterocycles. The molecule has 0 heterocycles. The molecule has 1 N–H and O–H groups in total. The number of halogens is 1. The van der Waals surface area contributed by atoms with Crippen molar-refractivity contribution in [3.05, 3.63) is 59.1 Å². The highest BCUT2D eigenvalue weighted by molar-refractivity contribution is 6.30. The van der Waals surface area contributed by atoms with E-state index in [1.807, 2.05) is 26.0 Å². The van der Waals surface area contributed by atoms with Crippen molar-refractivity contribution in [3.63, 3.8) is 0 Å². The maximum Gasteiger partial charge on any atom is 0.261 e. The zero-order valence-corrected chi connectivity index (χ0v) is 18.6. The second-order valence-electron chi connectivity index (χ2n) is 7.43. The predicted octanol–water partition coefficient (Wildman–Crippen LogP) is 3.92. The summed E-state index contributed by atoms with van der Waals surface area (Å²) in [6, 6.07) is 13.5. The third-order valence-corrected chi connectivity index (χ3v) is 4.79. The van der Waals surface area contributed by atoms with E-state index in [-0.39, 0.29) is 25.0 Å². The molecule has 162 valence electrons. The molecule has 0 saturated carbocycles. The van der Waals surface area contributed by atoms with Gasteiger partial charge < -0.3 is 19.7 Å². The highest BCUT2D eigenvalue weighted by atomic mass is 35.5. The lowest BCUT2D eigenvalue weighted by Crippen LogP contribution is -2.49. The van der Waals surface area contributed by atoms with E-state index < -0.39 is 6.04 Å². The molecule has 0 spiro atoms. The number of nitrogens with zero attached hydrogens (tertiary/aromatic N) is 1. The lowest BCUT2D eigenvalue weighted by atomic mass is 10.1. The highest BCUT2D eigenvalue weighted by Crippen LogP contribution is 2.18. The van der Waals surface area contributed by atoms with E-state index in [1.54, 1.807) is 50.4 Å². The van der Waals surface area contributed by atoms with Crippen LogP contribution in [0.25, 0.3) is 0 Å². The van der Waals surface area contributed by atoms with Crippen molar-refractivity contribution in [2.75, 3.05) is 20.3 Å². The molecule has 2 amide bonds. The quantitative estimate of drug-likeness (QED) is 0.618. The van der Waals surface area contributed by atoms with E-state index in [0.717, 1.165) is 5.56 Å². The number of hydrogen-bond acceptors (Lipinski definition) is 4. The number of carbonyl (C=O) groups excluding carboxylic acids is 2. The fourth-order valence-corrected chi connectivity index (χ4v) is 2.85. The van der Waals surface area contributed by atoms with Gasteiger partial charge in [-0.15, -0.1) is 0 Å². The Morgan fingerprint density at radius 2 is 1.60 bits per heavy atom. The molecule has 2 rings (SSSR count). The van der Waals surface area contributed by atoms with Gasteiger partial charge in [-0.1, -0.05) is 37.6 Å². The van der Waals surface area contributed by atoms with E-state index in [0.29, 0.717) is 29.0 Å². The Morgan fingerprint density at radius 1 is 1.00 bits per heavy atom. The first-order valence-electron chi connectivity index (χ1n) is 9.88. The molecule has 6 nitrogen and oxygen atoms in total. The van der Waals surface area contributed by atoms with Gasteiger partial charge in [0.15, 0.2) is 6.61 Å². The minimum absolute atomic E-state index is 0.179. The fourth-order valence-electron chi connectivity index (χ4n) is 2.72. The van der Waals surface area contributed by atoms with Gasteiger partial charge in [0.2, 0.25) is 5.91 Å². The van der Waals surface area contributed by atoms with Crippen molar-refractivity contribution in [1.82, 2.24) is 10.2 Å². The molecular formula is C23H29ClN2O4. The van der Waals surface area contributed by atoms with Crippen LogP contribution in [0.3, 0.4) is 0 Å². The normalized spacial score (nSPS) is 11.7. The van der Waals surface area contributed by atoms with Crippen molar-refractivity contribution in [2.45, 2.75) is 33.4 Å². The number of benzene rings is 2. The van der Waals surface area contributed by atoms with Crippen LogP contribution in [0.2, 0.25) is 5.02 Å². The molecule has 0 aliphatic carbocycles. The third kappa shape index (κ3) is 7.26. The van der Waals surface area contributed by atoms with Crippen molar-refractivity contribution in [3.8, 4) is 11.5 Å². The number of rotatable bonds is 10. The molecule has 0 bridgehead atoms. The van der Waals surface area contributed by atoms with Crippen LogP contribution in [0, 0.1) is 5.92 Å². The average Bonchev–Trinajstić information content (AvgIpc) is 2.75. The van der Waals surface area contributed by atoms with Gasteiger partial charge in [-0.2, -0.15) is 0 Å². The molecule has 1 unspecified atom stereocenters. The highest BCUT2D eigenvalue weighted by Gasteiger charge is 2.26. The minimum atomic E-state index is -0.647. The largest absolute Gasteiger partial charge is 0.497 e. The van der Waals surface area contributed by atoms with Crippen molar-refractivity contribution >= 4 is 23.4 Å². The summed E-state index contributed by atoms with van der Waals surface area (Å²) in [6.45, 7) is 6.40. The summed E-state index contributed by atoms with van der Waals surface area (Å²) in [6.07, 6.45) is 0. The van der Waals surface area contributed by atoms with Gasteiger partial charge in [0.25, 0.3) is 5.91 Å². The Labute approximate surface area is 183 Å². The lowest BCUT2D eigenvalue weighted by Gasteiger charge is -2.29. The first-order valence-corrected chi connectivity index (χ1v) is 10.3. The fraction of sp³-hybridized carbons (Fsp3) is 0.391. The zero-order chi connectivity index (χ0) is 22.1. The van der Waals surface area contributed by atoms with Crippen LogP contribution in [0.5, 0.6) is 11.5 Å². The minimum Gasteiger partial charge on any atom is -0.497 e. The molecule has 0 fully saturated rings. The Balaban J connectivity index is 2.10. The number of carbonyl (C=O) groups is 2. The molecule has 7 heteroatoms. The van der Waals surface area contributed by atoms with E-state index >= 15 is 0 Å². The van der Waals surface area contributed by atoms with E-state index in [9.17, 15) is 9.59 Å². The van der Waals surface area contributed by atoms with Crippen LogP contribution in [-0.4, -0.2) is 43.0 Å². The summed E-state index contributed by atoms with van der Waals surface area (Å²) in [7, 11) is 1.58. The Morgan fingerprint density at radius 3 is 2.17 bits per heavy atom. The third-order valence-electron chi connectivity index (χ3n) is 4.54. The first kappa shape index (κ1) is 23.5. The molecule has 1 atom stereocenters. The SMILES string of the molecule is COc1ccc(OCC(=O)N(Cc2ccc(Cl)cc2)C(C)C(=O)NCC(C)C)cc1. The standard InChI is InChI=1S/C23H29ClN2O4/c1-16(2)13-25-23(28)17(3)26(14-18-5-7-19(24)8-6-18)22(27)15-30-21-11-9-20(29-4)10-12-21/h5-12,16-17H,13-15H2,1-4H3,(H,25,28).